The summed E-state index contributed by atoms with van der Waals surface area (Å²) in [5, 5.41) is 3.81. The van der Waals surface area contributed by atoms with Crippen molar-refractivity contribution in [1.82, 2.24) is 5.32 Å². The molecule has 0 aliphatic heterocycles. The third kappa shape index (κ3) is 1.95. The van der Waals surface area contributed by atoms with Gasteiger partial charge in [0.15, 0.2) is 0 Å². The van der Waals surface area contributed by atoms with Crippen LogP contribution in [0, 0.1) is 16.7 Å². The Morgan fingerprint density at radius 2 is 1.47 bits per heavy atom. The highest BCUT2D eigenvalue weighted by Crippen LogP contribution is 2.62. The second-order valence-electron chi connectivity index (χ2n) is 6.79. The standard InChI is InChI=1S/C14H27N/c1-13(2)12(14(13,3)4)15-10-11-8-6-5-7-9-11/h11-12,15H,5-10H2,1-4H3. The van der Waals surface area contributed by atoms with Gasteiger partial charge < -0.3 is 5.32 Å². The molecule has 2 saturated carbocycles. The molecular formula is C14H27N. The van der Waals surface area contributed by atoms with Crippen molar-refractivity contribution in [3.8, 4) is 0 Å². The lowest BCUT2D eigenvalue weighted by Gasteiger charge is -2.22. The Morgan fingerprint density at radius 3 is 1.93 bits per heavy atom. The Morgan fingerprint density at radius 1 is 0.933 bits per heavy atom. The molecule has 0 aromatic carbocycles. The second-order valence-corrected chi connectivity index (χ2v) is 6.79. The van der Waals surface area contributed by atoms with Crippen LogP contribution in [0.2, 0.25) is 0 Å². The first-order valence-corrected chi connectivity index (χ1v) is 6.69. The van der Waals surface area contributed by atoms with Gasteiger partial charge in [0.05, 0.1) is 0 Å². The van der Waals surface area contributed by atoms with Crippen molar-refractivity contribution in [1.29, 1.82) is 0 Å². The predicted octanol–water partition coefficient (Wildman–Crippen LogP) is 3.59. The van der Waals surface area contributed by atoms with Crippen LogP contribution < -0.4 is 5.32 Å². The quantitative estimate of drug-likeness (QED) is 0.749. The minimum absolute atomic E-state index is 0.502. The molecule has 0 aromatic heterocycles. The van der Waals surface area contributed by atoms with Crippen molar-refractivity contribution in [3.05, 3.63) is 0 Å². The van der Waals surface area contributed by atoms with Crippen LogP contribution in [0.1, 0.15) is 59.8 Å². The van der Waals surface area contributed by atoms with E-state index in [-0.39, 0.29) is 0 Å². The van der Waals surface area contributed by atoms with Gasteiger partial charge in [-0.2, -0.15) is 0 Å². The van der Waals surface area contributed by atoms with Crippen LogP contribution in [0.15, 0.2) is 0 Å². The zero-order valence-corrected chi connectivity index (χ0v) is 10.9. The van der Waals surface area contributed by atoms with Gasteiger partial charge in [-0.3, -0.25) is 0 Å². The molecule has 15 heavy (non-hydrogen) atoms. The van der Waals surface area contributed by atoms with E-state index in [0.717, 1.165) is 12.0 Å². The van der Waals surface area contributed by atoms with Crippen LogP contribution in [-0.4, -0.2) is 12.6 Å². The molecule has 2 fully saturated rings. The fourth-order valence-corrected chi connectivity index (χ4v) is 3.38. The van der Waals surface area contributed by atoms with Crippen LogP contribution in [0.4, 0.5) is 0 Å². The van der Waals surface area contributed by atoms with Gasteiger partial charge in [0.2, 0.25) is 0 Å². The van der Waals surface area contributed by atoms with Crippen molar-refractivity contribution in [2.75, 3.05) is 6.54 Å². The lowest BCUT2D eigenvalue weighted by atomic mass is 9.89. The lowest BCUT2D eigenvalue weighted by Crippen LogP contribution is -2.29. The zero-order valence-electron chi connectivity index (χ0n) is 10.9. The Hall–Kier alpha value is -0.0400. The Bertz CT molecular complexity index is 209. The molecule has 0 aromatic rings. The Balaban J connectivity index is 1.75. The zero-order chi connectivity index (χ0) is 11.1. The molecule has 0 radical (unpaired) electrons. The van der Waals surface area contributed by atoms with E-state index in [1.54, 1.807) is 0 Å². The third-order valence-corrected chi connectivity index (χ3v) is 5.36. The molecule has 0 bridgehead atoms. The molecule has 1 N–H and O–H groups in total. The SMILES string of the molecule is CC1(C)C(NCC2CCCCC2)C1(C)C. The van der Waals surface area contributed by atoms with Gasteiger partial charge in [-0.25, -0.2) is 0 Å². The van der Waals surface area contributed by atoms with E-state index in [4.69, 9.17) is 0 Å². The van der Waals surface area contributed by atoms with Gasteiger partial charge >= 0.3 is 0 Å². The molecule has 0 atom stereocenters. The van der Waals surface area contributed by atoms with Crippen molar-refractivity contribution >= 4 is 0 Å². The molecule has 1 heteroatoms. The van der Waals surface area contributed by atoms with Gasteiger partial charge in [-0.1, -0.05) is 47.0 Å². The van der Waals surface area contributed by atoms with Crippen LogP contribution >= 0.6 is 0 Å². The monoisotopic (exact) mass is 209 g/mol. The fraction of sp³-hybridized carbons (Fsp3) is 1.00. The second kappa shape index (κ2) is 3.76. The Labute approximate surface area is 95.0 Å². The summed E-state index contributed by atoms with van der Waals surface area (Å²) in [6.45, 7) is 10.8. The van der Waals surface area contributed by atoms with Gasteiger partial charge in [0.1, 0.15) is 0 Å². The molecule has 0 spiro atoms. The maximum Gasteiger partial charge on any atom is 0.0181 e. The molecule has 0 heterocycles. The molecule has 0 unspecified atom stereocenters. The van der Waals surface area contributed by atoms with E-state index < -0.39 is 0 Å². The normalized spacial score (nSPS) is 30.4. The lowest BCUT2D eigenvalue weighted by molar-refractivity contribution is 0.334. The summed E-state index contributed by atoms with van der Waals surface area (Å²) in [5.74, 6) is 0.964. The molecule has 2 rings (SSSR count). The number of hydrogen-bond donors (Lipinski definition) is 1. The van der Waals surface area contributed by atoms with E-state index >= 15 is 0 Å². The van der Waals surface area contributed by atoms with Gasteiger partial charge in [-0.05, 0) is 36.1 Å². The maximum absolute atomic E-state index is 3.81. The van der Waals surface area contributed by atoms with E-state index in [0.29, 0.717) is 10.8 Å². The highest BCUT2D eigenvalue weighted by Gasteiger charge is 2.64. The molecule has 0 saturated heterocycles. The first-order chi connectivity index (χ1) is 6.96. The maximum atomic E-state index is 3.81. The van der Waals surface area contributed by atoms with Gasteiger partial charge in [0.25, 0.3) is 0 Å². The van der Waals surface area contributed by atoms with Crippen LogP contribution in [0.25, 0.3) is 0 Å². The largest absolute Gasteiger partial charge is 0.313 e. The minimum Gasteiger partial charge on any atom is -0.313 e. The van der Waals surface area contributed by atoms with Crippen molar-refractivity contribution < 1.29 is 0 Å². The molecule has 0 amide bonds. The summed E-state index contributed by atoms with van der Waals surface area (Å²) in [4.78, 5) is 0. The first-order valence-electron chi connectivity index (χ1n) is 6.69. The van der Waals surface area contributed by atoms with E-state index in [1.165, 1.54) is 38.6 Å². The average molecular weight is 209 g/mol. The summed E-state index contributed by atoms with van der Waals surface area (Å²) < 4.78 is 0. The van der Waals surface area contributed by atoms with E-state index in [1.807, 2.05) is 0 Å². The first kappa shape index (κ1) is 11.4. The number of hydrogen-bond acceptors (Lipinski definition) is 1. The topological polar surface area (TPSA) is 12.0 Å². The summed E-state index contributed by atoms with van der Waals surface area (Å²) >= 11 is 0. The fourth-order valence-electron chi connectivity index (χ4n) is 3.38. The predicted molar refractivity (Wildman–Crippen MR) is 65.9 cm³/mol. The van der Waals surface area contributed by atoms with Gasteiger partial charge in [-0.15, -0.1) is 0 Å². The van der Waals surface area contributed by atoms with Crippen LogP contribution in [0.5, 0.6) is 0 Å². The molecule has 2 aliphatic carbocycles. The molecular weight excluding hydrogens is 182 g/mol. The van der Waals surface area contributed by atoms with Crippen molar-refractivity contribution in [2.24, 2.45) is 16.7 Å². The van der Waals surface area contributed by atoms with Crippen LogP contribution in [-0.2, 0) is 0 Å². The highest BCUT2D eigenvalue weighted by molar-refractivity contribution is 5.17. The van der Waals surface area contributed by atoms with Crippen LogP contribution in [0.3, 0.4) is 0 Å². The van der Waals surface area contributed by atoms with E-state index in [9.17, 15) is 0 Å². The Kier molecular flexibility index (Phi) is 2.87. The summed E-state index contributed by atoms with van der Waals surface area (Å²) in [5.41, 5.74) is 1.00. The molecule has 88 valence electrons. The van der Waals surface area contributed by atoms with Crippen molar-refractivity contribution in [3.63, 3.8) is 0 Å². The molecule has 1 nitrogen and oxygen atoms in total. The highest BCUT2D eigenvalue weighted by atomic mass is 15.0. The number of rotatable bonds is 3. The minimum atomic E-state index is 0.502. The van der Waals surface area contributed by atoms with Crippen molar-refractivity contribution in [2.45, 2.75) is 65.8 Å². The number of nitrogens with one attached hydrogen (secondary N) is 1. The van der Waals surface area contributed by atoms with Gasteiger partial charge in [0, 0.05) is 6.04 Å². The van der Waals surface area contributed by atoms with E-state index in [2.05, 4.69) is 33.0 Å². The molecule has 2 aliphatic rings. The summed E-state index contributed by atoms with van der Waals surface area (Å²) in [7, 11) is 0. The summed E-state index contributed by atoms with van der Waals surface area (Å²) in [6.07, 6.45) is 7.31. The summed E-state index contributed by atoms with van der Waals surface area (Å²) in [6, 6.07) is 0.743. The average Bonchev–Trinajstić information content (AvgIpc) is 2.57. The third-order valence-electron chi connectivity index (χ3n) is 5.36. The smallest absolute Gasteiger partial charge is 0.0181 e.